The minimum absolute atomic E-state index is 0.0328. The van der Waals surface area contributed by atoms with Gasteiger partial charge in [-0.2, -0.15) is 0 Å². The molecule has 2 aromatic carbocycles. The van der Waals surface area contributed by atoms with Gasteiger partial charge < -0.3 is 9.73 Å². The normalized spacial score (nSPS) is 10.9. The van der Waals surface area contributed by atoms with Gasteiger partial charge in [-0.15, -0.1) is 0 Å². The fourth-order valence-corrected chi connectivity index (χ4v) is 2.22. The lowest BCUT2D eigenvalue weighted by atomic mass is 10.1. The van der Waals surface area contributed by atoms with Gasteiger partial charge >= 0.3 is 5.76 Å². The molecule has 0 aliphatic heterocycles. The van der Waals surface area contributed by atoms with Crippen LogP contribution in [0.5, 0.6) is 0 Å². The SMILES string of the molecule is Cc1ccc(F)c(C(=O)Nc2ccc3c(c2)oc(=O)n3C)c1. The highest BCUT2D eigenvalue weighted by atomic mass is 19.1. The van der Waals surface area contributed by atoms with Crippen molar-refractivity contribution in [2.24, 2.45) is 7.05 Å². The number of nitrogens with one attached hydrogen (secondary N) is 1. The molecular weight excluding hydrogens is 287 g/mol. The summed E-state index contributed by atoms with van der Waals surface area (Å²) < 4.78 is 20.1. The van der Waals surface area contributed by atoms with Gasteiger partial charge in [0.15, 0.2) is 5.58 Å². The second-order valence-corrected chi connectivity index (χ2v) is 5.05. The number of carbonyl (C=O) groups excluding carboxylic acids is 1. The summed E-state index contributed by atoms with van der Waals surface area (Å²) in [6.45, 7) is 1.78. The van der Waals surface area contributed by atoms with Crippen LogP contribution in [0.15, 0.2) is 45.6 Å². The molecule has 1 N–H and O–H groups in total. The lowest BCUT2D eigenvalue weighted by Crippen LogP contribution is -2.14. The lowest BCUT2D eigenvalue weighted by molar-refractivity contribution is 0.102. The summed E-state index contributed by atoms with van der Waals surface area (Å²) >= 11 is 0. The monoisotopic (exact) mass is 300 g/mol. The zero-order chi connectivity index (χ0) is 15.9. The van der Waals surface area contributed by atoms with Crippen LogP contribution in [0.2, 0.25) is 0 Å². The van der Waals surface area contributed by atoms with Crippen LogP contribution < -0.4 is 11.1 Å². The van der Waals surface area contributed by atoms with E-state index in [4.69, 9.17) is 4.42 Å². The number of hydrogen-bond donors (Lipinski definition) is 1. The van der Waals surface area contributed by atoms with Gasteiger partial charge in [0.25, 0.3) is 5.91 Å². The molecule has 3 aromatic rings. The van der Waals surface area contributed by atoms with E-state index in [0.717, 1.165) is 5.56 Å². The number of oxazole rings is 1. The molecule has 1 aromatic heterocycles. The third-order valence-corrected chi connectivity index (χ3v) is 3.42. The zero-order valence-corrected chi connectivity index (χ0v) is 12.0. The number of benzene rings is 2. The Morgan fingerprint density at radius 3 is 2.77 bits per heavy atom. The predicted molar refractivity (Wildman–Crippen MR) is 80.5 cm³/mol. The van der Waals surface area contributed by atoms with Gasteiger partial charge in [-0.05, 0) is 31.2 Å². The van der Waals surface area contributed by atoms with Crippen LogP contribution in [0.3, 0.4) is 0 Å². The van der Waals surface area contributed by atoms with Gasteiger partial charge in [-0.1, -0.05) is 11.6 Å². The zero-order valence-electron chi connectivity index (χ0n) is 12.0. The number of fused-ring (bicyclic) bond motifs is 1. The molecule has 0 saturated heterocycles. The van der Waals surface area contributed by atoms with Crippen LogP contribution >= 0.6 is 0 Å². The number of amides is 1. The highest BCUT2D eigenvalue weighted by Crippen LogP contribution is 2.19. The lowest BCUT2D eigenvalue weighted by Gasteiger charge is -2.07. The first-order chi connectivity index (χ1) is 10.5. The number of halogens is 1. The Bertz CT molecular complexity index is 940. The third-order valence-electron chi connectivity index (χ3n) is 3.42. The highest BCUT2D eigenvalue weighted by molar-refractivity contribution is 6.05. The molecule has 0 radical (unpaired) electrons. The molecule has 5 nitrogen and oxygen atoms in total. The van der Waals surface area contributed by atoms with Gasteiger partial charge in [0.05, 0.1) is 11.1 Å². The first-order valence-electron chi connectivity index (χ1n) is 6.63. The molecule has 1 amide bonds. The van der Waals surface area contributed by atoms with Gasteiger partial charge in [-0.3, -0.25) is 9.36 Å². The quantitative estimate of drug-likeness (QED) is 0.791. The summed E-state index contributed by atoms with van der Waals surface area (Å²) in [4.78, 5) is 23.6. The van der Waals surface area contributed by atoms with E-state index in [1.54, 1.807) is 32.2 Å². The van der Waals surface area contributed by atoms with Crippen molar-refractivity contribution in [3.05, 3.63) is 63.9 Å². The number of carbonyl (C=O) groups is 1. The smallest absolute Gasteiger partial charge is 0.408 e. The number of aryl methyl sites for hydroxylation is 2. The number of aromatic nitrogens is 1. The number of anilines is 1. The Balaban J connectivity index is 1.94. The summed E-state index contributed by atoms with van der Waals surface area (Å²) in [5, 5.41) is 2.60. The summed E-state index contributed by atoms with van der Waals surface area (Å²) in [5.74, 6) is -1.63. The van der Waals surface area contributed by atoms with Gasteiger partial charge in [0.1, 0.15) is 5.82 Å². The summed E-state index contributed by atoms with van der Waals surface area (Å²) in [6.07, 6.45) is 0. The summed E-state index contributed by atoms with van der Waals surface area (Å²) in [6, 6.07) is 9.14. The van der Waals surface area contributed by atoms with Gasteiger partial charge in [0.2, 0.25) is 0 Å². The molecule has 0 atom stereocenters. The number of rotatable bonds is 2. The van der Waals surface area contributed by atoms with E-state index in [0.29, 0.717) is 16.8 Å². The summed E-state index contributed by atoms with van der Waals surface area (Å²) in [7, 11) is 1.59. The predicted octanol–water partition coefficient (Wildman–Crippen LogP) is 2.83. The molecule has 0 bridgehead atoms. The molecule has 6 heteroatoms. The van der Waals surface area contributed by atoms with Crippen molar-refractivity contribution in [1.82, 2.24) is 4.57 Å². The molecule has 3 rings (SSSR count). The van der Waals surface area contributed by atoms with E-state index in [9.17, 15) is 14.0 Å². The largest absolute Gasteiger partial charge is 0.419 e. The molecule has 0 spiro atoms. The maximum atomic E-state index is 13.7. The van der Waals surface area contributed by atoms with Crippen molar-refractivity contribution < 1.29 is 13.6 Å². The van der Waals surface area contributed by atoms with E-state index in [1.165, 1.54) is 22.8 Å². The molecule has 0 aliphatic rings. The second-order valence-electron chi connectivity index (χ2n) is 5.05. The van der Waals surface area contributed by atoms with E-state index in [1.807, 2.05) is 0 Å². The fraction of sp³-hybridized carbons (Fsp3) is 0.125. The van der Waals surface area contributed by atoms with Crippen molar-refractivity contribution >= 4 is 22.7 Å². The topological polar surface area (TPSA) is 64.2 Å². The van der Waals surface area contributed by atoms with Crippen LogP contribution in [0.4, 0.5) is 10.1 Å². The van der Waals surface area contributed by atoms with Crippen molar-refractivity contribution in [2.75, 3.05) is 5.32 Å². The van der Waals surface area contributed by atoms with Crippen molar-refractivity contribution in [3.63, 3.8) is 0 Å². The highest BCUT2D eigenvalue weighted by Gasteiger charge is 2.13. The van der Waals surface area contributed by atoms with Crippen LogP contribution in [0.25, 0.3) is 11.1 Å². The second kappa shape index (κ2) is 5.14. The Kier molecular flexibility index (Phi) is 3.29. The van der Waals surface area contributed by atoms with Crippen molar-refractivity contribution in [3.8, 4) is 0 Å². The molecule has 1 heterocycles. The molecule has 112 valence electrons. The van der Waals surface area contributed by atoms with Crippen molar-refractivity contribution in [2.45, 2.75) is 6.92 Å². The van der Waals surface area contributed by atoms with Gasteiger partial charge in [0, 0.05) is 18.8 Å². The average Bonchev–Trinajstić information content (AvgIpc) is 2.76. The number of hydrogen-bond acceptors (Lipinski definition) is 3. The molecule has 0 unspecified atom stereocenters. The third kappa shape index (κ3) is 2.39. The van der Waals surface area contributed by atoms with Crippen molar-refractivity contribution in [1.29, 1.82) is 0 Å². The minimum Gasteiger partial charge on any atom is -0.408 e. The first-order valence-corrected chi connectivity index (χ1v) is 6.63. The molecule has 0 fully saturated rings. The molecule has 22 heavy (non-hydrogen) atoms. The van der Waals surface area contributed by atoms with E-state index >= 15 is 0 Å². The molecule has 0 saturated carbocycles. The van der Waals surface area contributed by atoms with Crippen LogP contribution in [0, 0.1) is 12.7 Å². The average molecular weight is 300 g/mol. The van der Waals surface area contributed by atoms with E-state index in [2.05, 4.69) is 5.32 Å². The molecule has 0 aliphatic carbocycles. The van der Waals surface area contributed by atoms with Crippen LogP contribution in [0.1, 0.15) is 15.9 Å². The standard InChI is InChI=1S/C16H13FN2O3/c1-9-3-5-12(17)11(7-9)15(20)18-10-4-6-13-14(8-10)22-16(21)19(13)2/h3-8H,1-2H3,(H,18,20). The fourth-order valence-electron chi connectivity index (χ4n) is 2.22. The minimum atomic E-state index is -0.588. The molecular formula is C16H13FN2O3. The van der Waals surface area contributed by atoms with Crippen LogP contribution in [-0.4, -0.2) is 10.5 Å². The Hall–Kier alpha value is -2.89. The Labute approximate surface area is 125 Å². The van der Waals surface area contributed by atoms with Gasteiger partial charge in [-0.25, -0.2) is 9.18 Å². The maximum Gasteiger partial charge on any atom is 0.419 e. The van der Waals surface area contributed by atoms with E-state index < -0.39 is 17.5 Å². The van der Waals surface area contributed by atoms with Crippen LogP contribution in [-0.2, 0) is 7.05 Å². The maximum absolute atomic E-state index is 13.7. The first kappa shape index (κ1) is 14.1. The van der Waals surface area contributed by atoms with E-state index in [-0.39, 0.29) is 5.56 Å². The number of nitrogens with zero attached hydrogens (tertiary/aromatic N) is 1. The summed E-state index contributed by atoms with van der Waals surface area (Å²) in [5.41, 5.74) is 2.15. The Morgan fingerprint density at radius 1 is 1.23 bits per heavy atom. The Morgan fingerprint density at radius 2 is 2.00 bits per heavy atom.